The van der Waals surface area contributed by atoms with Gasteiger partial charge in [-0.2, -0.15) is 0 Å². The predicted molar refractivity (Wildman–Crippen MR) is 136 cm³/mol. The second kappa shape index (κ2) is 8.70. The van der Waals surface area contributed by atoms with Crippen LogP contribution < -0.4 is 9.64 Å². The standard InChI is InChI=1S/C24H16Cl2N2O4S2/c1-11-8-15-18(10-16(11)32-2)34-24(27-15)28-20(17-4-3-7-33-17)19(22(30)23(28)31)21(29)12-5-6-13(25)14(26)9-12/h3-10,20,29H,1-2H3/b21-19+. The number of carbonyl (C=O) groups is 2. The number of thiophene rings is 1. The molecule has 4 aromatic rings. The Morgan fingerprint density at radius 3 is 2.62 bits per heavy atom. The van der Waals surface area contributed by atoms with Crippen molar-refractivity contribution in [2.45, 2.75) is 13.0 Å². The summed E-state index contributed by atoms with van der Waals surface area (Å²) in [6.45, 7) is 1.91. The van der Waals surface area contributed by atoms with Crippen molar-refractivity contribution >= 4 is 78.7 Å². The second-order valence-electron chi connectivity index (χ2n) is 7.60. The molecule has 0 aliphatic carbocycles. The number of rotatable bonds is 4. The summed E-state index contributed by atoms with van der Waals surface area (Å²) in [5.41, 5.74) is 1.86. The Hall–Kier alpha value is -2.91. The van der Waals surface area contributed by atoms with E-state index in [-0.39, 0.29) is 16.4 Å². The maximum absolute atomic E-state index is 13.3. The maximum atomic E-state index is 13.3. The van der Waals surface area contributed by atoms with E-state index in [1.165, 1.54) is 39.7 Å². The number of benzene rings is 2. The summed E-state index contributed by atoms with van der Waals surface area (Å²) in [5.74, 6) is -1.17. The normalized spacial score (nSPS) is 17.6. The number of hydrogen-bond donors (Lipinski definition) is 1. The van der Waals surface area contributed by atoms with Crippen LogP contribution in [0.3, 0.4) is 0 Å². The number of carbonyl (C=O) groups excluding carboxylic acids is 2. The number of ether oxygens (including phenoxy) is 1. The van der Waals surface area contributed by atoms with Crippen LogP contribution in [0.2, 0.25) is 10.0 Å². The molecule has 172 valence electrons. The van der Waals surface area contributed by atoms with E-state index in [0.717, 1.165) is 10.3 Å². The topological polar surface area (TPSA) is 79.7 Å². The summed E-state index contributed by atoms with van der Waals surface area (Å²) >= 11 is 14.8. The maximum Gasteiger partial charge on any atom is 0.301 e. The Balaban J connectivity index is 1.70. The first-order chi connectivity index (χ1) is 16.3. The largest absolute Gasteiger partial charge is 0.507 e. The van der Waals surface area contributed by atoms with Gasteiger partial charge in [0.25, 0.3) is 5.78 Å². The minimum absolute atomic E-state index is 0.0288. The zero-order chi connectivity index (χ0) is 24.1. The lowest BCUT2D eigenvalue weighted by molar-refractivity contribution is -0.132. The van der Waals surface area contributed by atoms with E-state index in [9.17, 15) is 14.7 Å². The molecule has 0 spiro atoms. The number of halogens is 2. The number of methoxy groups -OCH3 is 1. The smallest absolute Gasteiger partial charge is 0.301 e. The summed E-state index contributed by atoms with van der Waals surface area (Å²) in [6.07, 6.45) is 0. The monoisotopic (exact) mass is 530 g/mol. The van der Waals surface area contributed by atoms with Crippen molar-refractivity contribution in [3.8, 4) is 5.75 Å². The fraction of sp³-hybridized carbons (Fsp3) is 0.125. The Morgan fingerprint density at radius 1 is 1.15 bits per heavy atom. The van der Waals surface area contributed by atoms with E-state index in [2.05, 4.69) is 4.98 Å². The molecule has 1 atom stereocenters. The first-order valence-electron chi connectivity index (χ1n) is 10.0. The highest BCUT2D eigenvalue weighted by molar-refractivity contribution is 7.22. The molecule has 1 amide bonds. The Labute approximate surface area is 212 Å². The number of ketones is 1. The Morgan fingerprint density at radius 2 is 1.94 bits per heavy atom. The van der Waals surface area contributed by atoms with E-state index in [4.69, 9.17) is 27.9 Å². The lowest BCUT2D eigenvalue weighted by Crippen LogP contribution is -2.28. The quantitative estimate of drug-likeness (QED) is 0.182. The molecule has 5 rings (SSSR count). The molecule has 34 heavy (non-hydrogen) atoms. The van der Waals surface area contributed by atoms with E-state index in [0.29, 0.717) is 31.9 Å². The number of aliphatic hydroxyl groups is 1. The van der Waals surface area contributed by atoms with Gasteiger partial charge in [0, 0.05) is 10.4 Å². The molecule has 3 heterocycles. The molecule has 10 heteroatoms. The van der Waals surface area contributed by atoms with Crippen LogP contribution in [-0.4, -0.2) is 28.9 Å². The third-order valence-corrected chi connectivity index (χ3v) is 8.23. The van der Waals surface area contributed by atoms with Crippen LogP contribution in [0.4, 0.5) is 5.13 Å². The number of hydrogen-bond acceptors (Lipinski definition) is 7. The summed E-state index contributed by atoms with van der Waals surface area (Å²) in [4.78, 5) is 33.2. The van der Waals surface area contributed by atoms with Crippen molar-refractivity contribution in [1.82, 2.24) is 4.98 Å². The summed E-state index contributed by atoms with van der Waals surface area (Å²) in [6, 6.07) is 11.1. The summed E-state index contributed by atoms with van der Waals surface area (Å²) < 4.78 is 6.22. The van der Waals surface area contributed by atoms with Gasteiger partial charge in [-0.3, -0.25) is 14.5 Å². The first-order valence-corrected chi connectivity index (χ1v) is 12.5. The van der Waals surface area contributed by atoms with E-state index in [1.807, 2.05) is 36.6 Å². The zero-order valence-corrected chi connectivity index (χ0v) is 21.0. The van der Waals surface area contributed by atoms with Crippen LogP contribution in [0.25, 0.3) is 16.0 Å². The number of thiazole rings is 1. The molecule has 1 aliphatic heterocycles. The average Bonchev–Trinajstić information content (AvgIpc) is 3.53. The van der Waals surface area contributed by atoms with Gasteiger partial charge in [-0.1, -0.05) is 40.6 Å². The third kappa shape index (κ3) is 3.67. The predicted octanol–water partition coefficient (Wildman–Crippen LogP) is 6.61. The van der Waals surface area contributed by atoms with Gasteiger partial charge in [0.15, 0.2) is 5.13 Å². The first kappa shape index (κ1) is 22.9. The van der Waals surface area contributed by atoms with Gasteiger partial charge in [0.1, 0.15) is 17.6 Å². The molecule has 2 aromatic heterocycles. The molecule has 1 saturated heterocycles. The second-order valence-corrected chi connectivity index (χ2v) is 10.4. The minimum atomic E-state index is -0.835. The van der Waals surface area contributed by atoms with Crippen molar-refractivity contribution < 1.29 is 19.4 Å². The lowest BCUT2D eigenvalue weighted by Gasteiger charge is -2.21. The van der Waals surface area contributed by atoms with Crippen molar-refractivity contribution in [3.63, 3.8) is 0 Å². The summed E-state index contributed by atoms with van der Waals surface area (Å²) in [7, 11) is 1.59. The SMILES string of the molecule is COc1cc2sc(N3C(=O)C(=O)/C(=C(/O)c4ccc(Cl)c(Cl)c4)C3c3cccs3)nc2cc1C. The molecule has 0 bridgehead atoms. The lowest BCUT2D eigenvalue weighted by atomic mass is 10.00. The molecule has 1 aliphatic rings. The van der Waals surface area contributed by atoms with Crippen LogP contribution in [0.5, 0.6) is 5.75 Å². The number of aryl methyl sites for hydroxylation is 1. The third-order valence-electron chi connectivity index (χ3n) is 5.55. The molecule has 6 nitrogen and oxygen atoms in total. The van der Waals surface area contributed by atoms with Crippen LogP contribution in [0, 0.1) is 6.92 Å². The van der Waals surface area contributed by atoms with Crippen molar-refractivity contribution in [2.24, 2.45) is 0 Å². The number of Topliss-reactive ketones (excluding diaryl/α,β-unsaturated/α-hetero) is 1. The van der Waals surface area contributed by atoms with Crippen LogP contribution in [0.1, 0.15) is 22.0 Å². The van der Waals surface area contributed by atoms with Gasteiger partial charge in [-0.05, 0) is 54.3 Å². The highest BCUT2D eigenvalue weighted by Gasteiger charge is 2.48. The molecule has 2 aromatic carbocycles. The number of nitrogens with zero attached hydrogens (tertiary/aromatic N) is 2. The fourth-order valence-electron chi connectivity index (χ4n) is 3.92. The van der Waals surface area contributed by atoms with Crippen LogP contribution >= 0.6 is 45.9 Å². The molecule has 1 unspecified atom stereocenters. The highest BCUT2D eigenvalue weighted by atomic mass is 35.5. The van der Waals surface area contributed by atoms with Gasteiger partial charge < -0.3 is 9.84 Å². The van der Waals surface area contributed by atoms with Gasteiger partial charge >= 0.3 is 5.91 Å². The highest BCUT2D eigenvalue weighted by Crippen LogP contribution is 2.46. The van der Waals surface area contributed by atoms with Crippen molar-refractivity contribution in [1.29, 1.82) is 0 Å². The number of amides is 1. The van der Waals surface area contributed by atoms with Crippen molar-refractivity contribution in [2.75, 3.05) is 12.0 Å². The molecule has 1 fully saturated rings. The van der Waals surface area contributed by atoms with E-state index in [1.54, 1.807) is 13.2 Å². The Bertz CT molecular complexity index is 1490. The van der Waals surface area contributed by atoms with Crippen LogP contribution in [0.15, 0.2) is 53.4 Å². The minimum Gasteiger partial charge on any atom is -0.507 e. The number of fused-ring (bicyclic) bond motifs is 1. The summed E-state index contributed by atoms with van der Waals surface area (Å²) in [5, 5.41) is 13.9. The van der Waals surface area contributed by atoms with Gasteiger partial charge in [-0.25, -0.2) is 4.98 Å². The average molecular weight is 531 g/mol. The van der Waals surface area contributed by atoms with Crippen LogP contribution in [-0.2, 0) is 9.59 Å². The van der Waals surface area contributed by atoms with Gasteiger partial charge in [-0.15, -0.1) is 11.3 Å². The van der Waals surface area contributed by atoms with Gasteiger partial charge in [0.05, 0.1) is 32.9 Å². The Kier molecular flexibility index (Phi) is 5.85. The number of aliphatic hydroxyl groups excluding tert-OH is 1. The number of aromatic nitrogens is 1. The van der Waals surface area contributed by atoms with E-state index < -0.39 is 17.7 Å². The molecule has 0 saturated carbocycles. The number of anilines is 1. The van der Waals surface area contributed by atoms with Gasteiger partial charge in [0.2, 0.25) is 0 Å². The molecular formula is C24H16Cl2N2O4S2. The molecule has 1 N–H and O–H groups in total. The zero-order valence-electron chi connectivity index (χ0n) is 17.8. The van der Waals surface area contributed by atoms with Crippen molar-refractivity contribution in [3.05, 3.63) is 79.5 Å². The van der Waals surface area contributed by atoms with E-state index >= 15 is 0 Å². The molecule has 0 radical (unpaired) electrons. The fourth-order valence-corrected chi connectivity index (χ4v) is 6.04. The molecular weight excluding hydrogens is 515 g/mol.